The van der Waals surface area contributed by atoms with E-state index in [0.29, 0.717) is 17.9 Å². The summed E-state index contributed by atoms with van der Waals surface area (Å²) in [5.74, 6) is -0.0609. The van der Waals surface area contributed by atoms with Gasteiger partial charge in [-0.25, -0.2) is 4.79 Å². The summed E-state index contributed by atoms with van der Waals surface area (Å²) in [6.45, 7) is 4.07. The highest BCUT2D eigenvalue weighted by atomic mass is 16.4. The molecule has 4 heteroatoms. The Labute approximate surface area is 105 Å². The second-order valence-corrected chi connectivity index (χ2v) is 4.91. The fourth-order valence-electron chi connectivity index (χ4n) is 1.99. The van der Waals surface area contributed by atoms with Crippen LogP contribution in [-0.2, 0) is 13.5 Å². The normalized spacial score (nSPS) is 12.8. The molecule has 0 bridgehead atoms. The minimum Gasteiger partial charge on any atom is -0.408 e. The summed E-state index contributed by atoms with van der Waals surface area (Å²) in [6.07, 6.45) is 0.683. The maximum Gasteiger partial charge on any atom is 0.419 e. The van der Waals surface area contributed by atoms with Crippen molar-refractivity contribution in [2.45, 2.75) is 20.3 Å². The van der Waals surface area contributed by atoms with E-state index in [1.165, 1.54) is 4.57 Å². The van der Waals surface area contributed by atoms with Gasteiger partial charge in [0.2, 0.25) is 0 Å². The maximum absolute atomic E-state index is 11.4. The highest BCUT2D eigenvalue weighted by Crippen LogP contribution is 2.20. The fourth-order valence-corrected chi connectivity index (χ4v) is 1.99. The number of nitriles is 1. The third kappa shape index (κ3) is 2.17. The zero-order valence-corrected chi connectivity index (χ0v) is 10.8. The van der Waals surface area contributed by atoms with E-state index in [4.69, 9.17) is 9.68 Å². The Kier molecular flexibility index (Phi) is 3.24. The van der Waals surface area contributed by atoms with Crippen LogP contribution in [0.1, 0.15) is 19.4 Å². The molecule has 2 rings (SSSR count). The Bertz CT molecular complexity index is 658. The Morgan fingerprint density at radius 2 is 2.17 bits per heavy atom. The number of hydrogen-bond acceptors (Lipinski definition) is 3. The zero-order valence-electron chi connectivity index (χ0n) is 10.8. The molecule has 1 heterocycles. The van der Waals surface area contributed by atoms with Gasteiger partial charge in [0, 0.05) is 7.05 Å². The molecule has 1 unspecified atom stereocenters. The second-order valence-electron chi connectivity index (χ2n) is 4.91. The number of aromatic nitrogens is 1. The van der Waals surface area contributed by atoms with Crippen LogP contribution in [0.15, 0.2) is 27.4 Å². The SMILES string of the molecule is CC(C)C(C#N)Cc1ccc2c(c1)oc(=O)n2C. The Hall–Kier alpha value is -2.02. The summed E-state index contributed by atoms with van der Waals surface area (Å²) in [7, 11) is 1.68. The summed E-state index contributed by atoms with van der Waals surface area (Å²) in [6, 6.07) is 7.98. The summed E-state index contributed by atoms with van der Waals surface area (Å²) in [5, 5.41) is 9.09. The number of nitrogens with zero attached hydrogens (tertiary/aromatic N) is 2. The van der Waals surface area contributed by atoms with Gasteiger partial charge in [-0.05, 0) is 30.0 Å². The first-order chi connectivity index (χ1) is 8.52. The van der Waals surface area contributed by atoms with Crippen LogP contribution in [0, 0.1) is 23.2 Å². The van der Waals surface area contributed by atoms with Crippen LogP contribution in [-0.4, -0.2) is 4.57 Å². The van der Waals surface area contributed by atoms with Crippen LogP contribution >= 0.6 is 0 Å². The van der Waals surface area contributed by atoms with Crippen molar-refractivity contribution in [1.29, 1.82) is 5.26 Å². The van der Waals surface area contributed by atoms with Crippen molar-refractivity contribution >= 4 is 11.1 Å². The van der Waals surface area contributed by atoms with E-state index in [0.717, 1.165) is 11.1 Å². The summed E-state index contributed by atoms with van der Waals surface area (Å²) in [4.78, 5) is 11.4. The third-order valence-corrected chi connectivity index (χ3v) is 3.28. The number of aryl methyl sites for hydroxylation is 1. The van der Waals surface area contributed by atoms with E-state index in [-0.39, 0.29) is 11.7 Å². The van der Waals surface area contributed by atoms with Gasteiger partial charge in [0.25, 0.3) is 0 Å². The van der Waals surface area contributed by atoms with E-state index in [9.17, 15) is 4.79 Å². The number of rotatable bonds is 3. The molecule has 0 aliphatic carbocycles. The number of hydrogen-bond donors (Lipinski definition) is 0. The van der Waals surface area contributed by atoms with Crippen molar-refractivity contribution in [2.24, 2.45) is 18.9 Å². The molecule has 0 saturated heterocycles. The van der Waals surface area contributed by atoms with Crippen molar-refractivity contribution in [1.82, 2.24) is 4.57 Å². The fraction of sp³-hybridized carbons (Fsp3) is 0.429. The molecule has 0 spiro atoms. The molecule has 18 heavy (non-hydrogen) atoms. The molecular formula is C14H16N2O2. The van der Waals surface area contributed by atoms with Crippen molar-refractivity contribution < 1.29 is 4.42 Å². The topological polar surface area (TPSA) is 58.9 Å². The van der Waals surface area contributed by atoms with Gasteiger partial charge in [0.15, 0.2) is 5.58 Å². The molecule has 94 valence electrons. The molecule has 0 N–H and O–H groups in total. The molecule has 0 aliphatic rings. The molecule has 0 amide bonds. The predicted octanol–water partition coefficient (Wildman–Crippen LogP) is 2.47. The van der Waals surface area contributed by atoms with E-state index < -0.39 is 0 Å². The smallest absolute Gasteiger partial charge is 0.408 e. The average Bonchev–Trinajstić information content (AvgIpc) is 2.61. The van der Waals surface area contributed by atoms with Gasteiger partial charge < -0.3 is 4.42 Å². The first-order valence-corrected chi connectivity index (χ1v) is 6.01. The largest absolute Gasteiger partial charge is 0.419 e. The van der Waals surface area contributed by atoms with E-state index >= 15 is 0 Å². The van der Waals surface area contributed by atoms with Gasteiger partial charge in [0.05, 0.1) is 17.5 Å². The zero-order chi connectivity index (χ0) is 13.3. The summed E-state index contributed by atoms with van der Waals surface area (Å²) in [5.41, 5.74) is 2.39. The van der Waals surface area contributed by atoms with Crippen molar-refractivity contribution in [2.75, 3.05) is 0 Å². The minimum atomic E-state index is -0.358. The van der Waals surface area contributed by atoms with Crippen molar-refractivity contribution in [3.8, 4) is 6.07 Å². The molecule has 1 atom stereocenters. The molecule has 2 aromatic rings. The first kappa shape index (κ1) is 12.4. The van der Waals surface area contributed by atoms with E-state index in [1.807, 2.05) is 32.0 Å². The molecule has 1 aromatic heterocycles. The molecular weight excluding hydrogens is 228 g/mol. The van der Waals surface area contributed by atoms with Crippen LogP contribution in [0.2, 0.25) is 0 Å². The molecule has 0 fully saturated rings. The predicted molar refractivity (Wildman–Crippen MR) is 69.1 cm³/mol. The van der Waals surface area contributed by atoms with Crippen LogP contribution in [0.3, 0.4) is 0 Å². The number of benzene rings is 1. The lowest BCUT2D eigenvalue weighted by Crippen LogP contribution is -2.09. The third-order valence-electron chi connectivity index (χ3n) is 3.28. The highest BCUT2D eigenvalue weighted by molar-refractivity contribution is 5.73. The first-order valence-electron chi connectivity index (χ1n) is 6.01. The second kappa shape index (κ2) is 4.69. The quantitative estimate of drug-likeness (QED) is 0.833. The molecule has 0 saturated carbocycles. The molecule has 1 aromatic carbocycles. The average molecular weight is 244 g/mol. The van der Waals surface area contributed by atoms with Gasteiger partial charge in [-0.2, -0.15) is 5.26 Å². The molecule has 0 aliphatic heterocycles. The van der Waals surface area contributed by atoms with Gasteiger partial charge in [0.1, 0.15) is 0 Å². The van der Waals surface area contributed by atoms with Crippen LogP contribution in [0.4, 0.5) is 0 Å². The summed E-state index contributed by atoms with van der Waals surface area (Å²) >= 11 is 0. The summed E-state index contributed by atoms with van der Waals surface area (Å²) < 4.78 is 6.62. The Balaban J connectivity index is 2.37. The molecule has 0 radical (unpaired) electrons. The maximum atomic E-state index is 11.4. The lowest BCUT2D eigenvalue weighted by Gasteiger charge is -2.12. The Morgan fingerprint density at radius 3 is 2.78 bits per heavy atom. The number of oxazole rings is 1. The van der Waals surface area contributed by atoms with Gasteiger partial charge in [-0.1, -0.05) is 19.9 Å². The van der Waals surface area contributed by atoms with Gasteiger partial charge >= 0.3 is 5.76 Å². The van der Waals surface area contributed by atoms with E-state index in [1.54, 1.807) is 7.05 Å². The standard InChI is InChI=1S/C14H16N2O2/c1-9(2)11(8-15)6-10-4-5-12-13(7-10)18-14(17)16(12)3/h4-5,7,9,11H,6H2,1-3H3. The molecule has 4 nitrogen and oxygen atoms in total. The van der Waals surface area contributed by atoms with Crippen LogP contribution < -0.4 is 5.76 Å². The van der Waals surface area contributed by atoms with E-state index in [2.05, 4.69) is 6.07 Å². The number of fused-ring (bicyclic) bond motifs is 1. The lowest BCUT2D eigenvalue weighted by atomic mass is 9.90. The Morgan fingerprint density at radius 1 is 1.44 bits per heavy atom. The van der Waals surface area contributed by atoms with Crippen LogP contribution in [0.5, 0.6) is 0 Å². The monoisotopic (exact) mass is 244 g/mol. The highest BCUT2D eigenvalue weighted by Gasteiger charge is 2.14. The minimum absolute atomic E-state index is 0.0158. The van der Waals surface area contributed by atoms with Gasteiger partial charge in [-0.3, -0.25) is 4.57 Å². The van der Waals surface area contributed by atoms with Crippen molar-refractivity contribution in [3.05, 3.63) is 34.3 Å². The lowest BCUT2D eigenvalue weighted by molar-refractivity contribution is 0.473. The van der Waals surface area contributed by atoms with Gasteiger partial charge in [-0.15, -0.1) is 0 Å². The van der Waals surface area contributed by atoms with Crippen LogP contribution in [0.25, 0.3) is 11.1 Å². The van der Waals surface area contributed by atoms with Crippen molar-refractivity contribution in [3.63, 3.8) is 0 Å².